The first kappa shape index (κ1) is 23.4. The lowest BCUT2D eigenvalue weighted by molar-refractivity contribution is -0.113. The van der Waals surface area contributed by atoms with Gasteiger partial charge in [-0.25, -0.2) is 9.07 Å². The summed E-state index contributed by atoms with van der Waals surface area (Å²) in [7, 11) is 3.92. The summed E-state index contributed by atoms with van der Waals surface area (Å²) in [6.07, 6.45) is 0. The van der Waals surface area contributed by atoms with Crippen LogP contribution in [0.15, 0.2) is 29.4 Å². The zero-order valence-electron chi connectivity index (χ0n) is 18.5. The molecule has 0 atom stereocenters. The van der Waals surface area contributed by atoms with Gasteiger partial charge in [0, 0.05) is 18.8 Å². The van der Waals surface area contributed by atoms with Gasteiger partial charge in [-0.2, -0.15) is 5.26 Å². The van der Waals surface area contributed by atoms with Crippen molar-refractivity contribution in [2.45, 2.75) is 32.1 Å². The summed E-state index contributed by atoms with van der Waals surface area (Å²) in [4.78, 5) is 14.8. The molecule has 0 radical (unpaired) electrons. The maximum atomic E-state index is 13.3. The smallest absolute Gasteiger partial charge is 0.235 e. The number of rotatable bonds is 9. The van der Waals surface area contributed by atoms with E-state index in [1.807, 2.05) is 37.4 Å². The highest BCUT2D eigenvalue weighted by Gasteiger charge is 2.20. The van der Waals surface area contributed by atoms with Gasteiger partial charge < -0.3 is 14.8 Å². The van der Waals surface area contributed by atoms with E-state index in [0.717, 1.165) is 23.4 Å². The molecule has 1 amide bonds. The standard InChI is InChI=1S/C21H25FN8OS/c1-14-15(2)29(12-16-5-7-17(22)8-6-16)20(18(14)11-23)24-19(31)13-32-21-25-26-27-30(21)10-9-28(3)4/h5-8H,9-10,12-13H2,1-4H3,(H,24,31). The van der Waals surface area contributed by atoms with Crippen molar-refractivity contribution in [1.29, 1.82) is 5.26 Å². The van der Waals surface area contributed by atoms with Crippen LogP contribution in [0.4, 0.5) is 10.2 Å². The second-order valence-electron chi connectivity index (χ2n) is 7.58. The number of nitrogens with one attached hydrogen (secondary N) is 1. The van der Waals surface area contributed by atoms with E-state index in [1.54, 1.807) is 16.8 Å². The first-order valence-electron chi connectivity index (χ1n) is 9.98. The Kier molecular flexibility index (Phi) is 7.61. The molecule has 1 N–H and O–H groups in total. The van der Waals surface area contributed by atoms with Crippen LogP contribution in [0.2, 0.25) is 0 Å². The first-order valence-corrected chi connectivity index (χ1v) is 11.0. The molecule has 9 nitrogen and oxygen atoms in total. The maximum absolute atomic E-state index is 13.3. The van der Waals surface area contributed by atoms with Crippen molar-refractivity contribution in [3.05, 3.63) is 52.5 Å². The summed E-state index contributed by atoms with van der Waals surface area (Å²) in [5.74, 6) is -0.0611. The Hall–Kier alpha value is -3.23. The second-order valence-corrected chi connectivity index (χ2v) is 8.53. The van der Waals surface area contributed by atoms with Gasteiger partial charge in [0.1, 0.15) is 17.7 Å². The van der Waals surface area contributed by atoms with E-state index in [9.17, 15) is 14.4 Å². The molecule has 32 heavy (non-hydrogen) atoms. The number of nitriles is 1. The molecular weight excluding hydrogens is 431 g/mol. The Balaban J connectivity index is 1.74. The van der Waals surface area contributed by atoms with Gasteiger partial charge in [-0.3, -0.25) is 4.79 Å². The van der Waals surface area contributed by atoms with E-state index in [0.29, 0.717) is 29.6 Å². The van der Waals surface area contributed by atoms with Crippen molar-refractivity contribution in [2.75, 3.05) is 31.7 Å². The van der Waals surface area contributed by atoms with Gasteiger partial charge in [-0.05, 0) is 61.6 Å². The van der Waals surface area contributed by atoms with Gasteiger partial charge in [0.25, 0.3) is 0 Å². The molecule has 0 saturated heterocycles. The van der Waals surface area contributed by atoms with Crippen molar-refractivity contribution in [3.8, 4) is 6.07 Å². The van der Waals surface area contributed by atoms with Gasteiger partial charge in [0.05, 0.1) is 17.9 Å². The molecular formula is C21H25FN8OS. The molecule has 2 heterocycles. The van der Waals surface area contributed by atoms with Crippen molar-refractivity contribution in [2.24, 2.45) is 0 Å². The number of likely N-dealkylation sites (N-methyl/N-ethyl adjacent to an activating group) is 1. The van der Waals surface area contributed by atoms with E-state index in [2.05, 4.69) is 26.9 Å². The van der Waals surface area contributed by atoms with Crippen LogP contribution in [0.1, 0.15) is 22.4 Å². The number of aromatic nitrogens is 5. The number of thioether (sulfide) groups is 1. The fraction of sp³-hybridized carbons (Fsp3) is 0.381. The summed E-state index contributed by atoms with van der Waals surface area (Å²) in [6, 6.07) is 8.34. The van der Waals surface area contributed by atoms with Crippen LogP contribution in [0.3, 0.4) is 0 Å². The van der Waals surface area contributed by atoms with E-state index in [4.69, 9.17) is 0 Å². The predicted molar refractivity (Wildman–Crippen MR) is 120 cm³/mol. The van der Waals surface area contributed by atoms with Crippen LogP contribution in [-0.2, 0) is 17.9 Å². The van der Waals surface area contributed by atoms with Crippen LogP contribution in [0, 0.1) is 31.0 Å². The lowest BCUT2D eigenvalue weighted by atomic mass is 10.2. The maximum Gasteiger partial charge on any atom is 0.235 e. The Labute approximate surface area is 190 Å². The highest BCUT2D eigenvalue weighted by molar-refractivity contribution is 7.99. The lowest BCUT2D eigenvalue weighted by Gasteiger charge is -2.13. The number of tetrazole rings is 1. The van der Waals surface area contributed by atoms with Crippen LogP contribution in [-0.4, -0.2) is 62.0 Å². The number of carbonyl (C=O) groups excluding carboxylic acids is 1. The molecule has 3 aromatic rings. The highest BCUT2D eigenvalue weighted by atomic mass is 32.2. The minimum Gasteiger partial charge on any atom is -0.326 e. The lowest BCUT2D eigenvalue weighted by Crippen LogP contribution is -2.21. The van der Waals surface area contributed by atoms with Crippen molar-refractivity contribution >= 4 is 23.5 Å². The van der Waals surface area contributed by atoms with Crippen molar-refractivity contribution in [3.63, 3.8) is 0 Å². The predicted octanol–water partition coefficient (Wildman–Crippen LogP) is 2.44. The average Bonchev–Trinajstić information content (AvgIpc) is 3.30. The fourth-order valence-corrected chi connectivity index (χ4v) is 3.84. The number of nitrogens with zero attached hydrogens (tertiary/aromatic N) is 7. The molecule has 3 rings (SSSR count). The van der Waals surface area contributed by atoms with Gasteiger partial charge >= 0.3 is 0 Å². The monoisotopic (exact) mass is 456 g/mol. The Morgan fingerprint density at radius 1 is 1.28 bits per heavy atom. The first-order chi connectivity index (χ1) is 15.3. The summed E-state index contributed by atoms with van der Waals surface area (Å²) >= 11 is 1.23. The number of hydrogen-bond donors (Lipinski definition) is 1. The summed E-state index contributed by atoms with van der Waals surface area (Å²) in [6.45, 7) is 5.52. The number of halogens is 1. The molecule has 168 valence electrons. The number of benzene rings is 1. The SMILES string of the molecule is Cc1c(C#N)c(NC(=O)CSc2nnnn2CCN(C)C)n(Cc2ccc(F)cc2)c1C. The summed E-state index contributed by atoms with van der Waals surface area (Å²) < 4.78 is 16.8. The van der Waals surface area contributed by atoms with Crippen molar-refractivity contribution < 1.29 is 9.18 Å². The molecule has 0 aliphatic heterocycles. The van der Waals surface area contributed by atoms with Gasteiger partial charge in [-0.15, -0.1) is 5.10 Å². The Morgan fingerprint density at radius 3 is 2.66 bits per heavy atom. The molecule has 0 saturated carbocycles. The van der Waals surface area contributed by atoms with E-state index < -0.39 is 0 Å². The van der Waals surface area contributed by atoms with Crippen molar-refractivity contribution in [1.82, 2.24) is 29.7 Å². The van der Waals surface area contributed by atoms with E-state index in [-0.39, 0.29) is 17.5 Å². The molecule has 0 aliphatic rings. The quantitative estimate of drug-likeness (QED) is 0.493. The highest BCUT2D eigenvalue weighted by Crippen LogP contribution is 2.28. The van der Waals surface area contributed by atoms with Crippen LogP contribution in [0.5, 0.6) is 0 Å². The minimum absolute atomic E-state index is 0.0903. The third-order valence-electron chi connectivity index (χ3n) is 5.04. The third kappa shape index (κ3) is 5.52. The van der Waals surface area contributed by atoms with Crippen LogP contribution >= 0.6 is 11.8 Å². The zero-order chi connectivity index (χ0) is 23.3. The normalized spacial score (nSPS) is 11.0. The Bertz CT molecular complexity index is 1130. The number of anilines is 1. The van der Waals surface area contributed by atoms with Gasteiger partial charge in [0.2, 0.25) is 11.1 Å². The molecule has 0 aliphatic carbocycles. The Morgan fingerprint density at radius 2 is 2.00 bits per heavy atom. The third-order valence-corrected chi connectivity index (χ3v) is 6.00. The largest absolute Gasteiger partial charge is 0.326 e. The number of hydrogen-bond acceptors (Lipinski definition) is 7. The average molecular weight is 457 g/mol. The van der Waals surface area contributed by atoms with E-state index >= 15 is 0 Å². The van der Waals surface area contributed by atoms with Crippen LogP contribution < -0.4 is 5.32 Å². The van der Waals surface area contributed by atoms with Crippen LogP contribution in [0.25, 0.3) is 0 Å². The summed E-state index contributed by atoms with van der Waals surface area (Å²) in [5.41, 5.74) is 2.93. The second kappa shape index (κ2) is 10.4. The molecule has 0 bridgehead atoms. The van der Waals surface area contributed by atoms with Gasteiger partial charge in [-0.1, -0.05) is 23.9 Å². The molecule has 0 unspecified atom stereocenters. The number of amides is 1. The molecule has 0 fully saturated rings. The molecule has 0 spiro atoms. The topological polar surface area (TPSA) is 105 Å². The minimum atomic E-state index is -0.314. The zero-order valence-corrected chi connectivity index (χ0v) is 19.3. The fourth-order valence-electron chi connectivity index (χ4n) is 3.13. The number of carbonyl (C=O) groups is 1. The van der Waals surface area contributed by atoms with E-state index in [1.165, 1.54) is 23.9 Å². The molecule has 11 heteroatoms. The molecule has 1 aromatic carbocycles. The van der Waals surface area contributed by atoms with Gasteiger partial charge in [0.15, 0.2) is 0 Å². The molecule has 2 aromatic heterocycles. The summed E-state index contributed by atoms with van der Waals surface area (Å²) in [5, 5.41) is 24.7.